The van der Waals surface area contributed by atoms with Gasteiger partial charge >= 0.3 is 0 Å². The molecule has 0 fully saturated rings. The predicted molar refractivity (Wildman–Crippen MR) is 79.8 cm³/mol. The van der Waals surface area contributed by atoms with E-state index < -0.39 is 10.0 Å². The van der Waals surface area contributed by atoms with Crippen molar-refractivity contribution in [3.63, 3.8) is 0 Å². The number of nitrogen functional groups attached to an aromatic ring is 1. The predicted octanol–water partition coefficient (Wildman–Crippen LogP) is 1.66. The minimum absolute atomic E-state index is 0.121. The number of hydrogen-bond acceptors (Lipinski definition) is 4. The van der Waals surface area contributed by atoms with Crippen LogP contribution in [0.4, 0.5) is 11.4 Å². The van der Waals surface area contributed by atoms with Gasteiger partial charge in [-0.25, -0.2) is 13.1 Å². The van der Waals surface area contributed by atoms with Crippen LogP contribution in [-0.2, 0) is 10.0 Å². The Morgan fingerprint density at radius 1 is 1.37 bits per heavy atom. The molecule has 3 N–H and O–H groups in total. The second-order valence-electron chi connectivity index (χ2n) is 5.03. The zero-order valence-corrected chi connectivity index (χ0v) is 12.8. The molecule has 1 rings (SSSR count). The minimum Gasteiger partial charge on any atom is -0.398 e. The standard InChI is InChI=1S/C13H23N3O2S/c1-10(2)7-8-16(4)11-5-6-13(12(14)9-11)19(17,18)15-3/h5-6,9-10,15H,7-8,14H2,1-4H3. The van der Waals surface area contributed by atoms with Gasteiger partial charge in [0, 0.05) is 19.3 Å². The molecule has 0 atom stereocenters. The van der Waals surface area contributed by atoms with Crippen molar-refractivity contribution in [2.24, 2.45) is 5.92 Å². The Morgan fingerprint density at radius 3 is 2.47 bits per heavy atom. The summed E-state index contributed by atoms with van der Waals surface area (Å²) in [4.78, 5) is 2.20. The molecule has 1 aromatic carbocycles. The van der Waals surface area contributed by atoms with Crippen LogP contribution in [0.2, 0.25) is 0 Å². The van der Waals surface area contributed by atoms with Crippen LogP contribution in [0.15, 0.2) is 23.1 Å². The van der Waals surface area contributed by atoms with Crippen LogP contribution in [0, 0.1) is 5.92 Å². The largest absolute Gasteiger partial charge is 0.398 e. The van der Waals surface area contributed by atoms with Gasteiger partial charge < -0.3 is 10.6 Å². The van der Waals surface area contributed by atoms with E-state index in [-0.39, 0.29) is 10.6 Å². The van der Waals surface area contributed by atoms with Crippen LogP contribution in [0.25, 0.3) is 0 Å². The van der Waals surface area contributed by atoms with E-state index in [4.69, 9.17) is 5.73 Å². The van der Waals surface area contributed by atoms with Crippen LogP contribution in [-0.4, -0.2) is 29.1 Å². The van der Waals surface area contributed by atoms with Crippen molar-refractivity contribution in [1.29, 1.82) is 0 Å². The highest BCUT2D eigenvalue weighted by Gasteiger charge is 2.16. The molecule has 6 heteroatoms. The van der Waals surface area contributed by atoms with Crippen molar-refractivity contribution in [1.82, 2.24) is 4.72 Å². The van der Waals surface area contributed by atoms with E-state index in [1.807, 2.05) is 7.05 Å². The molecule has 0 spiro atoms. The molecule has 0 bridgehead atoms. The fraction of sp³-hybridized carbons (Fsp3) is 0.538. The molecule has 0 aliphatic carbocycles. The average Bonchev–Trinajstić information content (AvgIpc) is 2.35. The second kappa shape index (κ2) is 6.25. The Kier molecular flexibility index (Phi) is 5.20. The smallest absolute Gasteiger partial charge is 0.242 e. The fourth-order valence-corrected chi connectivity index (χ4v) is 2.55. The zero-order chi connectivity index (χ0) is 14.6. The number of nitrogens with zero attached hydrogens (tertiary/aromatic N) is 1. The van der Waals surface area contributed by atoms with Gasteiger partial charge in [-0.3, -0.25) is 0 Å². The maximum atomic E-state index is 11.7. The Bertz CT molecular complexity index is 527. The maximum Gasteiger partial charge on any atom is 0.242 e. The number of rotatable bonds is 6. The van der Waals surface area contributed by atoms with Gasteiger partial charge in [-0.2, -0.15) is 0 Å². The molecular formula is C13H23N3O2S. The normalized spacial score (nSPS) is 11.8. The molecule has 0 amide bonds. The van der Waals surface area contributed by atoms with Gasteiger partial charge in [0.2, 0.25) is 10.0 Å². The van der Waals surface area contributed by atoms with Crippen LogP contribution in [0.5, 0.6) is 0 Å². The Labute approximate surface area is 115 Å². The van der Waals surface area contributed by atoms with Crippen LogP contribution >= 0.6 is 0 Å². The summed E-state index contributed by atoms with van der Waals surface area (Å²) in [7, 11) is -0.143. The van der Waals surface area contributed by atoms with Gasteiger partial charge in [0.15, 0.2) is 0 Å². The molecule has 0 aromatic heterocycles. The summed E-state index contributed by atoms with van der Waals surface area (Å²) in [6.45, 7) is 5.25. The number of anilines is 2. The number of benzene rings is 1. The van der Waals surface area contributed by atoms with E-state index >= 15 is 0 Å². The van der Waals surface area contributed by atoms with E-state index in [0.717, 1.165) is 18.7 Å². The van der Waals surface area contributed by atoms with Crippen molar-refractivity contribution in [3.05, 3.63) is 18.2 Å². The van der Waals surface area contributed by atoms with Gasteiger partial charge in [0.05, 0.1) is 5.69 Å². The summed E-state index contributed by atoms with van der Waals surface area (Å²) in [6, 6.07) is 5.02. The molecule has 19 heavy (non-hydrogen) atoms. The lowest BCUT2D eigenvalue weighted by Gasteiger charge is -2.21. The van der Waals surface area contributed by atoms with E-state index in [1.165, 1.54) is 7.05 Å². The summed E-state index contributed by atoms with van der Waals surface area (Å²) in [5, 5.41) is 0. The molecule has 5 nitrogen and oxygen atoms in total. The first-order valence-electron chi connectivity index (χ1n) is 6.32. The fourth-order valence-electron chi connectivity index (χ4n) is 1.71. The maximum absolute atomic E-state index is 11.7. The van der Waals surface area contributed by atoms with Crippen LogP contribution < -0.4 is 15.4 Å². The first-order valence-corrected chi connectivity index (χ1v) is 7.80. The molecule has 0 aliphatic rings. The van der Waals surface area contributed by atoms with Crippen molar-refractivity contribution in [2.45, 2.75) is 25.2 Å². The lowest BCUT2D eigenvalue weighted by atomic mass is 10.1. The first kappa shape index (κ1) is 15.8. The van der Waals surface area contributed by atoms with E-state index in [2.05, 4.69) is 23.5 Å². The van der Waals surface area contributed by atoms with Gasteiger partial charge in [0.1, 0.15) is 4.90 Å². The Hall–Kier alpha value is -1.27. The van der Waals surface area contributed by atoms with Crippen LogP contribution in [0.1, 0.15) is 20.3 Å². The molecule has 0 saturated heterocycles. The summed E-state index contributed by atoms with van der Waals surface area (Å²) in [5.74, 6) is 0.628. The molecule has 0 saturated carbocycles. The summed E-state index contributed by atoms with van der Waals surface area (Å²) in [5.41, 5.74) is 7.02. The summed E-state index contributed by atoms with van der Waals surface area (Å²) < 4.78 is 25.7. The molecule has 0 heterocycles. The number of nitrogens with one attached hydrogen (secondary N) is 1. The molecule has 0 aliphatic heterocycles. The Balaban J connectivity index is 2.94. The van der Waals surface area contributed by atoms with Gasteiger partial charge in [-0.1, -0.05) is 13.8 Å². The Morgan fingerprint density at radius 2 is 2.00 bits per heavy atom. The van der Waals surface area contributed by atoms with Crippen molar-refractivity contribution in [2.75, 3.05) is 31.3 Å². The van der Waals surface area contributed by atoms with E-state index in [1.54, 1.807) is 18.2 Å². The number of hydrogen-bond donors (Lipinski definition) is 2. The van der Waals surface area contributed by atoms with Crippen molar-refractivity contribution < 1.29 is 8.42 Å². The SMILES string of the molecule is CNS(=O)(=O)c1ccc(N(C)CCC(C)C)cc1N. The lowest BCUT2D eigenvalue weighted by Crippen LogP contribution is -2.22. The van der Waals surface area contributed by atoms with Crippen LogP contribution in [0.3, 0.4) is 0 Å². The van der Waals surface area contributed by atoms with Crippen molar-refractivity contribution >= 4 is 21.4 Å². The molecule has 0 unspecified atom stereocenters. The third-order valence-electron chi connectivity index (χ3n) is 3.03. The van der Waals surface area contributed by atoms with Gasteiger partial charge in [-0.05, 0) is 37.6 Å². The number of nitrogens with two attached hydrogens (primary N) is 1. The third kappa shape index (κ3) is 4.11. The molecule has 0 radical (unpaired) electrons. The third-order valence-corrected chi connectivity index (χ3v) is 4.52. The molecule has 1 aromatic rings. The van der Waals surface area contributed by atoms with Crippen molar-refractivity contribution in [3.8, 4) is 0 Å². The number of sulfonamides is 1. The van der Waals surface area contributed by atoms with Gasteiger partial charge in [-0.15, -0.1) is 0 Å². The lowest BCUT2D eigenvalue weighted by molar-refractivity contribution is 0.585. The minimum atomic E-state index is -3.49. The molecule has 108 valence electrons. The summed E-state index contributed by atoms with van der Waals surface area (Å²) >= 11 is 0. The zero-order valence-electron chi connectivity index (χ0n) is 12.0. The summed E-state index contributed by atoms with van der Waals surface area (Å²) in [6.07, 6.45) is 1.08. The topological polar surface area (TPSA) is 75.4 Å². The van der Waals surface area contributed by atoms with Gasteiger partial charge in [0.25, 0.3) is 0 Å². The second-order valence-corrected chi connectivity index (χ2v) is 6.89. The quantitative estimate of drug-likeness (QED) is 0.779. The molecular weight excluding hydrogens is 262 g/mol. The monoisotopic (exact) mass is 285 g/mol. The highest BCUT2D eigenvalue weighted by atomic mass is 32.2. The van der Waals surface area contributed by atoms with E-state index in [9.17, 15) is 8.42 Å². The highest BCUT2D eigenvalue weighted by molar-refractivity contribution is 7.89. The average molecular weight is 285 g/mol. The highest BCUT2D eigenvalue weighted by Crippen LogP contribution is 2.24. The first-order chi connectivity index (χ1) is 8.77. The van der Waals surface area contributed by atoms with E-state index in [0.29, 0.717) is 5.92 Å².